The molecule has 0 spiro atoms. The van der Waals surface area contributed by atoms with E-state index in [1.54, 1.807) is 0 Å². The lowest BCUT2D eigenvalue weighted by molar-refractivity contribution is 0.0208. The van der Waals surface area contributed by atoms with Crippen LogP contribution < -0.4 is 11.2 Å². The van der Waals surface area contributed by atoms with Gasteiger partial charge in [-0.2, -0.15) is 0 Å². The number of piperazine rings is 1. The maximum Gasteiger partial charge on any atom is 0.0450 e. The molecule has 3 atom stereocenters. The molecule has 1 aliphatic carbocycles. The zero-order chi connectivity index (χ0) is 13.2. The molecular formula is C14H30N4. The molecule has 0 aromatic rings. The van der Waals surface area contributed by atoms with Crippen molar-refractivity contribution in [3.05, 3.63) is 0 Å². The highest BCUT2D eigenvalue weighted by atomic mass is 15.5. The first-order valence-electron chi connectivity index (χ1n) is 7.46. The fourth-order valence-corrected chi connectivity index (χ4v) is 3.29. The van der Waals surface area contributed by atoms with Crippen LogP contribution in [0.4, 0.5) is 0 Å². The van der Waals surface area contributed by atoms with Gasteiger partial charge in [0, 0.05) is 38.3 Å². The first-order valence-corrected chi connectivity index (χ1v) is 7.46. The predicted molar refractivity (Wildman–Crippen MR) is 76.2 cm³/mol. The van der Waals surface area contributed by atoms with Crippen molar-refractivity contribution in [2.75, 3.05) is 39.8 Å². The molecule has 4 nitrogen and oxygen atoms in total. The first-order chi connectivity index (χ1) is 8.54. The zero-order valence-corrected chi connectivity index (χ0v) is 12.3. The summed E-state index contributed by atoms with van der Waals surface area (Å²) < 4.78 is 0. The highest BCUT2D eigenvalue weighted by Gasteiger charge is 2.38. The Morgan fingerprint density at radius 1 is 1.17 bits per heavy atom. The van der Waals surface area contributed by atoms with Crippen LogP contribution in [0, 0.1) is 11.8 Å². The number of nitrogens with one attached hydrogen (secondary N) is 1. The number of hydrogen-bond acceptors (Lipinski definition) is 4. The van der Waals surface area contributed by atoms with Crippen molar-refractivity contribution in [1.29, 1.82) is 0 Å². The number of nitrogens with two attached hydrogens (primary N) is 1. The van der Waals surface area contributed by atoms with Gasteiger partial charge in [-0.05, 0) is 38.1 Å². The monoisotopic (exact) mass is 254 g/mol. The van der Waals surface area contributed by atoms with Crippen molar-refractivity contribution in [2.24, 2.45) is 17.6 Å². The molecule has 3 unspecified atom stereocenters. The minimum absolute atomic E-state index is 0.155. The number of rotatable bonds is 3. The smallest absolute Gasteiger partial charge is 0.0450 e. The number of hydrogen-bond donors (Lipinski definition) is 2. The fraction of sp³-hybridized carbons (Fsp3) is 1.00. The third-order valence-electron chi connectivity index (χ3n) is 5.05. The summed E-state index contributed by atoms with van der Waals surface area (Å²) >= 11 is 0. The molecule has 0 aromatic carbocycles. The molecule has 1 aliphatic heterocycles. The Kier molecular flexibility index (Phi) is 4.64. The van der Waals surface area contributed by atoms with Crippen LogP contribution in [-0.2, 0) is 0 Å². The van der Waals surface area contributed by atoms with Gasteiger partial charge < -0.3 is 10.6 Å². The van der Waals surface area contributed by atoms with Gasteiger partial charge in [0.2, 0.25) is 0 Å². The van der Waals surface area contributed by atoms with Gasteiger partial charge in [0.05, 0.1) is 0 Å². The Balaban J connectivity index is 1.92. The number of nitrogens with zero attached hydrogens (tertiary/aromatic N) is 2. The van der Waals surface area contributed by atoms with E-state index in [0.29, 0.717) is 0 Å². The van der Waals surface area contributed by atoms with Gasteiger partial charge in [0.15, 0.2) is 0 Å². The molecule has 1 saturated heterocycles. The summed E-state index contributed by atoms with van der Waals surface area (Å²) in [6.07, 6.45) is 3.75. The van der Waals surface area contributed by atoms with Crippen LogP contribution in [0.15, 0.2) is 0 Å². The van der Waals surface area contributed by atoms with Gasteiger partial charge in [-0.3, -0.25) is 0 Å². The highest BCUT2D eigenvalue weighted by molar-refractivity contribution is 4.95. The van der Waals surface area contributed by atoms with Gasteiger partial charge in [-0.15, -0.1) is 0 Å². The molecule has 1 heterocycles. The minimum Gasteiger partial charge on any atom is -0.329 e. The molecule has 0 bridgehead atoms. The molecule has 106 valence electrons. The molecule has 2 rings (SSSR count). The van der Waals surface area contributed by atoms with E-state index in [9.17, 15) is 0 Å². The van der Waals surface area contributed by atoms with E-state index in [4.69, 9.17) is 5.73 Å². The summed E-state index contributed by atoms with van der Waals surface area (Å²) in [5.41, 5.74) is 10.0. The lowest BCUT2D eigenvalue weighted by Crippen LogP contribution is -2.63. The summed E-state index contributed by atoms with van der Waals surface area (Å²) in [7, 11) is 2.19. The number of likely N-dealkylation sites (N-methyl/N-ethyl adjacent to an activating group) is 1. The van der Waals surface area contributed by atoms with Crippen LogP contribution in [0.2, 0.25) is 0 Å². The van der Waals surface area contributed by atoms with E-state index in [1.807, 2.05) is 0 Å². The van der Waals surface area contributed by atoms with E-state index < -0.39 is 0 Å². The quantitative estimate of drug-likeness (QED) is 0.785. The zero-order valence-electron chi connectivity index (χ0n) is 12.3. The molecule has 4 heteroatoms. The van der Waals surface area contributed by atoms with Crippen LogP contribution in [0.25, 0.3) is 0 Å². The van der Waals surface area contributed by atoms with E-state index in [-0.39, 0.29) is 5.54 Å². The van der Waals surface area contributed by atoms with Crippen molar-refractivity contribution in [2.45, 2.75) is 38.6 Å². The predicted octanol–water partition coefficient (Wildman–Crippen LogP) is 0.892. The summed E-state index contributed by atoms with van der Waals surface area (Å²) in [4.78, 5) is 2.39. The molecule has 3 N–H and O–H groups in total. The van der Waals surface area contributed by atoms with Crippen molar-refractivity contribution >= 4 is 0 Å². The largest absolute Gasteiger partial charge is 0.329 e. The van der Waals surface area contributed by atoms with Crippen molar-refractivity contribution < 1.29 is 0 Å². The minimum atomic E-state index is 0.155. The molecule has 0 aromatic heterocycles. The normalized spacial score (nSPS) is 40.0. The van der Waals surface area contributed by atoms with Crippen LogP contribution in [-0.4, -0.2) is 55.2 Å². The summed E-state index contributed by atoms with van der Waals surface area (Å²) in [6, 6.07) is 0. The van der Waals surface area contributed by atoms with Crippen LogP contribution in [0.1, 0.15) is 33.1 Å². The highest BCUT2D eigenvalue weighted by Crippen LogP contribution is 2.35. The summed E-state index contributed by atoms with van der Waals surface area (Å²) in [6.45, 7) is 10.0. The number of hydrazine groups is 1. The Hall–Kier alpha value is -0.160. The first kappa shape index (κ1) is 14.3. The Morgan fingerprint density at radius 2 is 1.83 bits per heavy atom. The molecule has 2 fully saturated rings. The van der Waals surface area contributed by atoms with E-state index >= 15 is 0 Å². The lowest BCUT2D eigenvalue weighted by atomic mass is 9.71. The van der Waals surface area contributed by atoms with Gasteiger partial charge in [-0.25, -0.2) is 10.4 Å². The van der Waals surface area contributed by atoms with Gasteiger partial charge >= 0.3 is 0 Å². The van der Waals surface area contributed by atoms with Crippen molar-refractivity contribution in [1.82, 2.24) is 15.3 Å². The molecule has 0 radical (unpaired) electrons. The Bertz CT molecular complexity index is 263. The topological polar surface area (TPSA) is 44.5 Å². The maximum atomic E-state index is 6.09. The second-order valence-corrected chi connectivity index (χ2v) is 6.58. The van der Waals surface area contributed by atoms with Gasteiger partial charge in [-0.1, -0.05) is 13.8 Å². The van der Waals surface area contributed by atoms with Crippen molar-refractivity contribution in [3.8, 4) is 0 Å². The van der Waals surface area contributed by atoms with E-state index in [0.717, 1.165) is 44.6 Å². The molecule has 1 saturated carbocycles. The summed E-state index contributed by atoms with van der Waals surface area (Å²) in [5, 5.41) is 2.40. The second kappa shape index (κ2) is 5.87. The second-order valence-electron chi connectivity index (χ2n) is 6.58. The Morgan fingerprint density at radius 3 is 2.39 bits per heavy atom. The maximum absolute atomic E-state index is 6.09. The molecular weight excluding hydrogens is 224 g/mol. The van der Waals surface area contributed by atoms with Crippen LogP contribution in [0.3, 0.4) is 0 Å². The van der Waals surface area contributed by atoms with Gasteiger partial charge in [0.1, 0.15) is 0 Å². The molecule has 2 aliphatic rings. The van der Waals surface area contributed by atoms with Crippen molar-refractivity contribution in [3.63, 3.8) is 0 Å². The average Bonchev–Trinajstić information content (AvgIpc) is 2.37. The summed E-state index contributed by atoms with van der Waals surface area (Å²) in [5.74, 6) is 1.63. The lowest BCUT2D eigenvalue weighted by Gasteiger charge is -2.47. The molecule has 0 amide bonds. The third kappa shape index (κ3) is 3.23. The van der Waals surface area contributed by atoms with E-state index in [2.05, 4.69) is 36.2 Å². The van der Waals surface area contributed by atoms with Crippen LogP contribution >= 0.6 is 0 Å². The van der Waals surface area contributed by atoms with E-state index in [1.165, 1.54) is 19.3 Å². The SMILES string of the molecule is CC1CCC(CN)(NN2CCN(C)CC2)CC1C. The van der Waals surface area contributed by atoms with Gasteiger partial charge in [0.25, 0.3) is 0 Å². The standard InChI is InChI=1S/C14H30N4/c1-12-4-5-14(11-15,10-13(12)2)16-18-8-6-17(3)7-9-18/h12-13,16H,4-11,15H2,1-3H3. The van der Waals surface area contributed by atoms with Crippen LogP contribution in [0.5, 0.6) is 0 Å². The fourth-order valence-electron chi connectivity index (χ4n) is 3.29. The molecule has 18 heavy (non-hydrogen) atoms. The average molecular weight is 254 g/mol. The Labute approximate surface area is 112 Å². The third-order valence-corrected chi connectivity index (χ3v) is 5.05.